The highest BCUT2D eigenvalue weighted by molar-refractivity contribution is 5.94. The van der Waals surface area contributed by atoms with Crippen molar-refractivity contribution in [3.05, 3.63) is 53.6 Å². The van der Waals surface area contributed by atoms with Crippen LogP contribution in [0.3, 0.4) is 0 Å². The van der Waals surface area contributed by atoms with Gasteiger partial charge in [0.2, 0.25) is 5.91 Å². The lowest BCUT2D eigenvalue weighted by molar-refractivity contribution is -0.117. The predicted octanol–water partition coefficient (Wildman–Crippen LogP) is 3.30. The van der Waals surface area contributed by atoms with E-state index in [1.165, 1.54) is 6.92 Å². The number of benzene rings is 2. The van der Waals surface area contributed by atoms with Crippen molar-refractivity contribution in [1.29, 1.82) is 0 Å². The van der Waals surface area contributed by atoms with Gasteiger partial charge in [-0.15, -0.1) is 0 Å². The van der Waals surface area contributed by atoms with E-state index >= 15 is 0 Å². The molecule has 2 aromatic rings. The zero-order valence-electron chi connectivity index (χ0n) is 14.8. The van der Waals surface area contributed by atoms with E-state index in [0.29, 0.717) is 6.42 Å². The SMILES string of the molecule is CC(=O)N1c2ccc(-c3ccc(CO)cc3)cc2[C@@H](NC(=O)O)C[C@H]1C. The van der Waals surface area contributed by atoms with Crippen LogP contribution in [0.15, 0.2) is 42.5 Å². The molecule has 6 nitrogen and oxygen atoms in total. The molecule has 1 heterocycles. The first-order valence-corrected chi connectivity index (χ1v) is 8.54. The summed E-state index contributed by atoms with van der Waals surface area (Å²) in [6, 6.07) is 12.8. The van der Waals surface area contributed by atoms with E-state index in [4.69, 9.17) is 0 Å². The third-order valence-electron chi connectivity index (χ3n) is 4.79. The van der Waals surface area contributed by atoms with Crippen molar-refractivity contribution in [3.63, 3.8) is 0 Å². The Labute approximate surface area is 152 Å². The molecule has 3 rings (SSSR count). The Morgan fingerprint density at radius 2 is 1.81 bits per heavy atom. The summed E-state index contributed by atoms with van der Waals surface area (Å²) in [6.07, 6.45) is -0.562. The molecular weight excluding hydrogens is 332 g/mol. The lowest BCUT2D eigenvalue weighted by atomic mass is 9.89. The number of carbonyl (C=O) groups excluding carboxylic acids is 1. The van der Waals surface area contributed by atoms with E-state index in [1.54, 1.807) is 4.90 Å². The largest absolute Gasteiger partial charge is 0.465 e. The zero-order chi connectivity index (χ0) is 18.8. The van der Waals surface area contributed by atoms with Gasteiger partial charge in [0.15, 0.2) is 0 Å². The van der Waals surface area contributed by atoms with E-state index in [9.17, 15) is 19.8 Å². The molecule has 0 saturated carbocycles. The van der Waals surface area contributed by atoms with Crippen LogP contribution in [0.5, 0.6) is 0 Å². The summed E-state index contributed by atoms with van der Waals surface area (Å²) in [5, 5.41) is 20.9. The number of hydrogen-bond acceptors (Lipinski definition) is 3. The van der Waals surface area contributed by atoms with E-state index in [-0.39, 0.29) is 24.6 Å². The number of amides is 2. The Bertz CT molecular complexity index is 832. The Kier molecular flexibility index (Phi) is 4.95. The Hall–Kier alpha value is -2.86. The minimum absolute atomic E-state index is 0.0134. The molecule has 0 fully saturated rings. The fourth-order valence-electron chi connectivity index (χ4n) is 3.61. The highest BCUT2D eigenvalue weighted by Crippen LogP contribution is 2.39. The van der Waals surface area contributed by atoms with Crippen molar-refractivity contribution in [2.45, 2.75) is 39.0 Å². The summed E-state index contributed by atoms with van der Waals surface area (Å²) in [5.41, 5.74) is 4.26. The number of rotatable bonds is 3. The third kappa shape index (κ3) is 3.41. The van der Waals surface area contributed by atoms with Crippen molar-refractivity contribution >= 4 is 17.7 Å². The minimum Gasteiger partial charge on any atom is -0.465 e. The van der Waals surface area contributed by atoms with Crippen LogP contribution in [0.4, 0.5) is 10.5 Å². The first kappa shape index (κ1) is 17.9. The van der Waals surface area contributed by atoms with Crippen LogP contribution in [-0.2, 0) is 11.4 Å². The minimum atomic E-state index is -1.08. The van der Waals surface area contributed by atoms with Crippen molar-refractivity contribution < 1.29 is 19.8 Å². The van der Waals surface area contributed by atoms with Crippen LogP contribution in [0.2, 0.25) is 0 Å². The Balaban J connectivity index is 2.07. The van der Waals surface area contributed by atoms with Crippen molar-refractivity contribution in [2.24, 2.45) is 0 Å². The summed E-state index contributed by atoms with van der Waals surface area (Å²) >= 11 is 0. The molecule has 2 amide bonds. The second kappa shape index (κ2) is 7.17. The molecule has 0 aromatic heterocycles. The number of nitrogens with one attached hydrogen (secondary N) is 1. The quantitative estimate of drug-likeness (QED) is 0.789. The standard InChI is InChI=1S/C20H22N2O4/c1-12-9-18(21-20(25)26)17-10-16(7-8-19(17)22(12)13(2)24)15-5-3-14(11-23)4-6-15/h3-8,10,12,18,21,23H,9,11H2,1-2H3,(H,25,26)/t12-,18+/m1/s1. The number of aliphatic hydroxyl groups excluding tert-OH is 1. The van der Waals surface area contributed by atoms with E-state index in [0.717, 1.165) is 27.9 Å². The number of nitrogens with zero attached hydrogens (tertiary/aromatic N) is 1. The van der Waals surface area contributed by atoms with Gasteiger partial charge in [0, 0.05) is 18.7 Å². The molecule has 1 aliphatic rings. The van der Waals surface area contributed by atoms with E-state index in [1.807, 2.05) is 49.4 Å². The van der Waals surface area contributed by atoms with Crippen molar-refractivity contribution in [2.75, 3.05) is 4.90 Å². The molecule has 136 valence electrons. The smallest absolute Gasteiger partial charge is 0.405 e. The molecule has 0 bridgehead atoms. The summed E-state index contributed by atoms with van der Waals surface area (Å²) < 4.78 is 0. The summed E-state index contributed by atoms with van der Waals surface area (Å²) in [7, 11) is 0. The molecule has 0 radical (unpaired) electrons. The molecule has 3 N–H and O–H groups in total. The number of hydrogen-bond donors (Lipinski definition) is 3. The maximum absolute atomic E-state index is 12.1. The van der Waals surface area contributed by atoms with Gasteiger partial charge in [0.25, 0.3) is 0 Å². The maximum Gasteiger partial charge on any atom is 0.405 e. The molecule has 0 saturated heterocycles. The molecule has 6 heteroatoms. The number of fused-ring (bicyclic) bond motifs is 1. The van der Waals surface area contributed by atoms with Gasteiger partial charge < -0.3 is 20.4 Å². The van der Waals surface area contributed by atoms with Gasteiger partial charge >= 0.3 is 6.09 Å². The summed E-state index contributed by atoms with van der Waals surface area (Å²) in [5.74, 6) is -0.0624. The van der Waals surface area contributed by atoms with Crippen LogP contribution in [0.1, 0.15) is 37.4 Å². The number of aliphatic hydroxyl groups is 1. The average molecular weight is 354 g/mol. The Morgan fingerprint density at radius 1 is 1.15 bits per heavy atom. The fraction of sp³-hybridized carbons (Fsp3) is 0.300. The number of carbonyl (C=O) groups is 2. The molecule has 26 heavy (non-hydrogen) atoms. The molecule has 1 aliphatic heterocycles. The predicted molar refractivity (Wildman–Crippen MR) is 98.9 cm³/mol. The monoisotopic (exact) mass is 354 g/mol. The van der Waals surface area contributed by atoms with Gasteiger partial charge in [-0.1, -0.05) is 30.3 Å². The van der Waals surface area contributed by atoms with Gasteiger partial charge in [-0.25, -0.2) is 4.79 Å². The zero-order valence-corrected chi connectivity index (χ0v) is 14.8. The molecule has 0 aliphatic carbocycles. The van der Waals surface area contributed by atoms with Crippen molar-refractivity contribution in [3.8, 4) is 11.1 Å². The number of carboxylic acid groups (broad SMARTS) is 1. The molecule has 2 atom stereocenters. The summed E-state index contributed by atoms with van der Waals surface area (Å²) in [6.45, 7) is 3.43. The van der Waals surface area contributed by atoms with Crippen LogP contribution >= 0.6 is 0 Å². The van der Waals surface area contributed by atoms with Gasteiger partial charge in [-0.3, -0.25) is 4.79 Å². The number of anilines is 1. The van der Waals surface area contributed by atoms with Crippen LogP contribution in [0.25, 0.3) is 11.1 Å². The second-order valence-electron chi connectivity index (χ2n) is 6.60. The average Bonchev–Trinajstić information content (AvgIpc) is 2.60. The molecule has 0 unspecified atom stereocenters. The fourth-order valence-corrected chi connectivity index (χ4v) is 3.61. The lowest BCUT2D eigenvalue weighted by Gasteiger charge is -2.39. The first-order valence-electron chi connectivity index (χ1n) is 8.54. The second-order valence-corrected chi connectivity index (χ2v) is 6.60. The highest BCUT2D eigenvalue weighted by atomic mass is 16.4. The van der Waals surface area contributed by atoms with E-state index in [2.05, 4.69) is 5.32 Å². The van der Waals surface area contributed by atoms with Gasteiger partial charge in [0.1, 0.15) is 0 Å². The Morgan fingerprint density at radius 3 is 2.38 bits per heavy atom. The lowest BCUT2D eigenvalue weighted by Crippen LogP contribution is -2.45. The van der Waals surface area contributed by atoms with Crippen LogP contribution < -0.4 is 10.2 Å². The topological polar surface area (TPSA) is 89.9 Å². The van der Waals surface area contributed by atoms with Crippen LogP contribution in [-0.4, -0.2) is 28.3 Å². The maximum atomic E-state index is 12.1. The third-order valence-corrected chi connectivity index (χ3v) is 4.79. The van der Waals surface area contributed by atoms with Gasteiger partial charge in [-0.2, -0.15) is 0 Å². The van der Waals surface area contributed by atoms with Gasteiger partial charge in [0.05, 0.1) is 12.6 Å². The highest BCUT2D eigenvalue weighted by Gasteiger charge is 2.33. The van der Waals surface area contributed by atoms with E-state index < -0.39 is 6.09 Å². The normalized spacial score (nSPS) is 19.0. The molecule has 0 spiro atoms. The first-order chi connectivity index (χ1) is 12.4. The van der Waals surface area contributed by atoms with Gasteiger partial charge in [-0.05, 0) is 47.7 Å². The van der Waals surface area contributed by atoms with Crippen molar-refractivity contribution in [1.82, 2.24) is 5.32 Å². The molecular formula is C20H22N2O4. The molecule has 2 aromatic carbocycles. The van der Waals surface area contributed by atoms with Crippen LogP contribution in [0, 0.1) is 0 Å². The summed E-state index contributed by atoms with van der Waals surface area (Å²) in [4.78, 5) is 25.0.